The fraction of sp³-hybridized carbons (Fsp3) is 0.360. The SMILES string of the molecule is CCOc1cccc(C2/C(=C(\O)c3cc(C)ccc3C)C(=O)C(=O)N2CCCOC)c1. The molecule has 164 valence electrons. The van der Waals surface area contributed by atoms with E-state index in [9.17, 15) is 14.7 Å². The van der Waals surface area contributed by atoms with E-state index in [4.69, 9.17) is 9.47 Å². The molecule has 1 saturated heterocycles. The molecule has 0 aromatic heterocycles. The van der Waals surface area contributed by atoms with Crippen molar-refractivity contribution in [2.24, 2.45) is 0 Å². The second-order valence-electron chi connectivity index (χ2n) is 7.66. The number of likely N-dealkylation sites (tertiary alicyclic amines) is 1. The standard InChI is InChI=1S/C25H29NO5/c1-5-31-19-9-6-8-18(15-19)22-21(23(27)20-14-16(2)10-11-17(20)3)24(28)25(29)26(22)12-7-13-30-4/h6,8-11,14-15,22,27H,5,7,12-13H2,1-4H3/b23-21+. The number of amides is 1. The van der Waals surface area contributed by atoms with Crippen molar-refractivity contribution in [3.8, 4) is 5.75 Å². The van der Waals surface area contributed by atoms with E-state index in [1.54, 1.807) is 7.11 Å². The van der Waals surface area contributed by atoms with Gasteiger partial charge in [-0.1, -0.05) is 29.8 Å². The average molecular weight is 424 g/mol. The maximum absolute atomic E-state index is 13.1. The van der Waals surface area contributed by atoms with Gasteiger partial charge in [0.05, 0.1) is 18.2 Å². The van der Waals surface area contributed by atoms with Crippen LogP contribution in [0.4, 0.5) is 0 Å². The third-order valence-electron chi connectivity index (χ3n) is 5.42. The van der Waals surface area contributed by atoms with Gasteiger partial charge < -0.3 is 19.5 Å². The fourth-order valence-corrected chi connectivity index (χ4v) is 3.91. The van der Waals surface area contributed by atoms with Gasteiger partial charge in [0.15, 0.2) is 0 Å². The first-order valence-electron chi connectivity index (χ1n) is 10.5. The predicted molar refractivity (Wildman–Crippen MR) is 119 cm³/mol. The highest BCUT2D eigenvalue weighted by molar-refractivity contribution is 6.46. The summed E-state index contributed by atoms with van der Waals surface area (Å²) in [5, 5.41) is 11.2. The van der Waals surface area contributed by atoms with Crippen LogP contribution in [0.15, 0.2) is 48.0 Å². The lowest BCUT2D eigenvalue weighted by atomic mass is 9.93. The lowest BCUT2D eigenvalue weighted by molar-refractivity contribution is -0.140. The number of aliphatic hydroxyl groups is 1. The summed E-state index contributed by atoms with van der Waals surface area (Å²) >= 11 is 0. The largest absolute Gasteiger partial charge is 0.507 e. The van der Waals surface area contributed by atoms with Crippen LogP contribution in [-0.2, 0) is 14.3 Å². The minimum absolute atomic E-state index is 0.102. The molecule has 6 nitrogen and oxygen atoms in total. The summed E-state index contributed by atoms with van der Waals surface area (Å²) in [6.07, 6.45) is 0.578. The predicted octanol–water partition coefficient (Wildman–Crippen LogP) is 4.16. The molecule has 0 spiro atoms. The first-order valence-corrected chi connectivity index (χ1v) is 10.5. The second-order valence-corrected chi connectivity index (χ2v) is 7.66. The molecule has 1 unspecified atom stereocenters. The zero-order valence-corrected chi connectivity index (χ0v) is 18.5. The number of carbonyl (C=O) groups is 2. The summed E-state index contributed by atoms with van der Waals surface area (Å²) in [6.45, 7) is 6.98. The van der Waals surface area contributed by atoms with Crippen molar-refractivity contribution in [2.45, 2.75) is 33.2 Å². The molecular weight excluding hydrogens is 394 g/mol. The highest BCUT2D eigenvalue weighted by Crippen LogP contribution is 2.40. The zero-order chi connectivity index (χ0) is 22.5. The van der Waals surface area contributed by atoms with Gasteiger partial charge in [-0.3, -0.25) is 9.59 Å². The first-order chi connectivity index (χ1) is 14.9. The number of ether oxygens (including phenoxy) is 2. The third-order valence-corrected chi connectivity index (χ3v) is 5.42. The van der Waals surface area contributed by atoms with E-state index in [1.807, 2.05) is 63.2 Å². The van der Waals surface area contributed by atoms with Crippen LogP contribution in [0.1, 0.15) is 41.6 Å². The number of rotatable bonds is 8. The number of ketones is 1. The van der Waals surface area contributed by atoms with E-state index in [0.29, 0.717) is 37.5 Å². The molecule has 1 heterocycles. The Bertz CT molecular complexity index is 1010. The molecule has 1 aliphatic heterocycles. The Morgan fingerprint density at radius 3 is 2.61 bits per heavy atom. The molecule has 1 atom stereocenters. The van der Waals surface area contributed by atoms with Gasteiger partial charge in [-0.25, -0.2) is 0 Å². The van der Waals surface area contributed by atoms with Crippen molar-refractivity contribution in [3.63, 3.8) is 0 Å². The van der Waals surface area contributed by atoms with Crippen molar-refractivity contribution >= 4 is 17.4 Å². The summed E-state index contributed by atoms with van der Waals surface area (Å²) in [6, 6.07) is 12.3. The number of aliphatic hydroxyl groups excluding tert-OH is 1. The molecule has 1 N–H and O–H groups in total. The fourth-order valence-electron chi connectivity index (χ4n) is 3.91. The number of Topliss-reactive ketones (excluding diaryl/α,β-unsaturated/α-hetero) is 1. The van der Waals surface area contributed by atoms with E-state index in [-0.39, 0.29) is 11.3 Å². The monoisotopic (exact) mass is 423 g/mol. The second kappa shape index (κ2) is 9.79. The molecule has 6 heteroatoms. The van der Waals surface area contributed by atoms with Gasteiger partial charge in [0, 0.05) is 25.8 Å². The number of hydrogen-bond acceptors (Lipinski definition) is 5. The summed E-state index contributed by atoms with van der Waals surface area (Å²) < 4.78 is 10.7. The maximum Gasteiger partial charge on any atom is 0.295 e. The smallest absolute Gasteiger partial charge is 0.295 e. The van der Waals surface area contributed by atoms with Crippen LogP contribution < -0.4 is 4.74 Å². The highest BCUT2D eigenvalue weighted by Gasteiger charge is 2.46. The minimum Gasteiger partial charge on any atom is -0.507 e. The number of benzene rings is 2. The molecule has 3 rings (SSSR count). The molecule has 0 bridgehead atoms. The Morgan fingerprint density at radius 2 is 1.90 bits per heavy atom. The van der Waals surface area contributed by atoms with E-state index in [2.05, 4.69) is 0 Å². The van der Waals surface area contributed by atoms with Crippen LogP contribution in [0.25, 0.3) is 5.76 Å². The lowest BCUT2D eigenvalue weighted by Crippen LogP contribution is -2.31. The van der Waals surface area contributed by atoms with Crippen molar-refractivity contribution in [1.82, 2.24) is 4.90 Å². The van der Waals surface area contributed by atoms with Gasteiger partial charge in [-0.15, -0.1) is 0 Å². The van der Waals surface area contributed by atoms with E-state index in [0.717, 1.165) is 16.7 Å². The van der Waals surface area contributed by atoms with Gasteiger partial charge in [0.25, 0.3) is 11.7 Å². The Kier molecular flexibility index (Phi) is 7.13. The molecule has 31 heavy (non-hydrogen) atoms. The van der Waals surface area contributed by atoms with Crippen molar-refractivity contribution in [1.29, 1.82) is 0 Å². The maximum atomic E-state index is 13.1. The minimum atomic E-state index is -0.697. The number of hydrogen-bond donors (Lipinski definition) is 1. The Morgan fingerprint density at radius 1 is 1.13 bits per heavy atom. The van der Waals surface area contributed by atoms with Crippen molar-refractivity contribution < 1.29 is 24.2 Å². The zero-order valence-electron chi connectivity index (χ0n) is 18.5. The molecular formula is C25H29NO5. The molecule has 1 fully saturated rings. The van der Waals surface area contributed by atoms with Gasteiger partial charge >= 0.3 is 0 Å². The summed E-state index contributed by atoms with van der Waals surface area (Å²) in [4.78, 5) is 27.6. The van der Waals surface area contributed by atoms with Crippen LogP contribution in [-0.4, -0.2) is 48.6 Å². The van der Waals surface area contributed by atoms with Crippen molar-refractivity contribution in [2.75, 3.05) is 26.9 Å². The van der Waals surface area contributed by atoms with Crippen LogP contribution in [0.5, 0.6) is 5.75 Å². The van der Waals surface area contributed by atoms with Crippen LogP contribution >= 0.6 is 0 Å². The molecule has 1 aliphatic rings. The van der Waals surface area contributed by atoms with E-state index in [1.165, 1.54) is 4.90 Å². The topological polar surface area (TPSA) is 76.1 Å². The normalized spacial score (nSPS) is 17.9. The Hall–Kier alpha value is -3.12. The number of carbonyl (C=O) groups excluding carboxylic acids is 2. The summed E-state index contributed by atoms with van der Waals surface area (Å²) in [7, 11) is 1.59. The van der Waals surface area contributed by atoms with Gasteiger partial charge in [-0.05, 0) is 56.5 Å². The van der Waals surface area contributed by atoms with E-state index >= 15 is 0 Å². The van der Waals surface area contributed by atoms with Crippen LogP contribution in [0, 0.1) is 13.8 Å². The van der Waals surface area contributed by atoms with Crippen molar-refractivity contribution in [3.05, 3.63) is 70.3 Å². The molecule has 2 aromatic rings. The lowest BCUT2D eigenvalue weighted by Gasteiger charge is -2.25. The van der Waals surface area contributed by atoms with Gasteiger partial charge in [0.2, 0.25) is 0 Å². The average Bonchev–Trinajstić information content (AvgIpc) is 3.00. The summed E-state index contributed by atoms with van der Waals surface area (Å²) in [5.41, 5.74) is 3.16. The molecule has 0 radical (unpaired) electrons. The number of aryl methyl sites for hydroxylation is 2. The Balaban J connectivity index is 2.17. The van der Waals surface area contributed by atoms with Gasteiger partial charge in [-0.2, -0.15) is 0 Å². The van der Waals surface area contributed by atoms with Crippen LogP contribution in [0.3, 0.4) is 0 Å². The highest BCUT2D eigenvalue weighted by atomic mass is 16.5. The number of methoxy groups -OCH3 is 1. The molecule has 0 aliphatic carbocycles. The van der Waals surface area contributed by atoms with Gasteiger partial charge in [0.1, 0.15) is 11.5 Å². The van der Waals surface area contributed by atoms with Crippen LogP contribution in [0.2, 0.25) is 0 Å². The quantitative estimate of drug-likeness (QED) is 0.299. The number of nitrogens with zero attached hydrogens (tertiary/aromatic N) is 1. The first kappa shape index (κ1) is 22.6. The molecule has 1 amide bonds. The third kappa shape index (κ3) is 4.64. The Labute approximate surface area is 183 Å². The molecule has 0 saturated carbocycles. The van der Waals surface area contributed by atoms with E-state index < -0.39 is 17.7 Å². The molecule has 2 aromatic carbocycles. The summed E-state index contributed by atoms with van der Waals surface area (Å²) in [5.74, 6) is -0.799.